The predicted molar refractivity (Wildman–Crippen MR) is 78.2 cm³/mol. The third-order valence-electron chi connectivity index (χ3n) is 3.95. The number of rotatable bonds is 5. The number of nitrogens with one attached hydrogen (secondary N) is 1. The number of hydrogen-bond donors (Lipinski definition) is 2. The molecule has 0 bridgehead atoms. The fourth-order valence-corrected chi connectivity index (χ4v) is 3.62. The van der Waals surface area contributed by atoms with E-state index in [0.29, 0.717) is 39.3 Å². The van der Waals surface area contributed by atoms with Crippen molar-refractivity contribution in [3.63, 3.8) is 0 Å². The van der Waals surface area contributed by atoms with Crippen molar-refractivity contribution in [1.29, 1.82) is 0 Å². The van der Waals surface area contributed by atoms with Gasteiger partial charge in [-0.3, -0.25) is 9.80 Å². The SMILES string of the molecule is CS(=O)(=O)N1CCN(CC(O)CN2CCNCC2)CC1. The van der Waals surface area contributed by atoms with Crippen LogP contribution in [-0.4, -0.2) is 105 Å². The summed E-state index contributed by atoms with van der Waals surface area (Å²) in [4.78, 5) is 4.42. The first-order valence-electron chi connectivity index (χ1n) is 7.24. The number of β-amino-alcohol motifs (C(OH)–C–C–N with tert-alkyl or cyclic N) is 1. The van der Waals surface area contributed by atoms with Crippen LogP contribution in [0.2, 0.25) is 0 Å². The van der Waals surface area contributed by atoms with Crippen molar-refractivity contribution >= 4 is 10.0 Å². The van der Waals surface area contributed by atoms with Crippen LogP contribution in [-0.2, 0) is 10.0 Å². The minimum absolute atomic E-state index is 0.363. The van der Waals surface area contributed by atoms with Crippen LogP contribution in [0, 0.1) is 0 Å². The Balaban J connectivity index is 1.69. The number of aliphatic hydroxyl groups is 1. The summed E-state index contributed by atoms with van der Waals surface area (Å²) < 4.78 is 24.4. The van der Waals surface area contributed by atoms with Gasteiger partial charge in [0, 0.05) is 65.4 Å². The Morgan fingerprint density at radius 3 is 2.00 bits per heavy atom. The second-order valence-electron chi connectivity index (χ2n) is 5.67. The molecule has 0 aromatic carbocycles. The summed E-state index contributed by atoms with van der Waals surface area (Å²) in [5.41, 5.74) is 0. The van der Waals surface area contributed by atoms with Crippen molar-refractivity contribution in [3.05, 3.63) is 0 Å². The van der Waals surface area contributed by atoms with Crippen LogP contribution >= 0.6 is 0 Å². The van der Waals surface area contributed by atoms with Gasteiger partial charge in [0.2, 0.25) is 10.0 Å². The Hall–Kier alpha value is -0.250. The number of hydrogen-bond acceptors (Lipinski definition) is 6. The van der Waals surface area contributed by atoms with Crippen LogP contribution in [0.4, 0.5) is 0 Å². The molecule has 0 aromatic rings. The number of nitrogens with zero attached hydrogens (tertiary/aromatic N) is 3. The molecule has 0 aromatic heterocycles. The molecule has 2 aliphatic heterocycles. The summed E-state index contributed by atoms with van der Waals surface area (Å²) in [7, 11) is -3.07. The van der Waals surface area contributed by atoms with E-state index in [1.165, 1.54) is 10.6 Å². The van der Waals surface area contributed by atoms with E-state index in [9.17, 15) is 13.5 Å². The topological polar surface area (TPSA) is 76.1 Å². The Morgan fingerprint density at radius 1 is 1.00 bits per heavy atom. The standard InChI is InChI=1S/C12H26N4O3S/c1-20(18,19)16-8-6-15(7-9-16)11-12(17)10-14-4-2-13-3-5-14/h12-13,17H,2-11H2,1H3. The summed E-state index contributed by atoms with van der Waals surface area (Å²) in [6.07, 6.45) is 0.889. The van der Waals surface area contributed by atoms with E-state index < -0.39 is 10.0 Å². The molecule has 1 unspecified atom stereocenters. The molecule has 0 aliphatic carbocycles. The van der Waals surface area contributed by atoms with Crippen LogP contribution in [0.1, 0.15) is 0 Å². The predicted octanol–water partition coefficient (Wildman–Crippen LogP) is -2.17. The average molecular weight is 306 g/mol. The van der Waals surface area contributed by atoms with Gasteiger partial charge in [0.05, 0.1) is 12.4 Å². The molecule has 0 amide bonds. The molecular weight excluding hydrogens is 280 g/mol. The molecule has 118 valence electrons. The zero-order chi connectivity index (χ0) is 14.6. The first kappa shape index (κ1) is 16.1. The summed E-state index contributed by atoms with van der Waals surface area (Å²) in [6.45, 7) is 7.72. The van der Waals surface area contributed by atoms with Gasteiger partial charge in [-0.15, -0.1) is 0 Å². The monoisotopic (exact) mass is 306 g/mol. The van der Waals surface area contributed by atoms with Crippen molar-refractivity contribution in [1.82, 2.24) is 19.4 Å². The van der Waals surface area contributed by atoms with Crippen LogP contribution in [0.5, 0.6) is 0 Å². The zero-order valence-corrected chi connectivity index (χ0v) is 13.0. The molecule has 2 rings (SSSR count). The molecule has 1 atom stereocenters. The highest BCUT2D eigenvalue weighted by Gasteiger charge is 2.25. The van der Waals surface area contributed by atoms with E-state index in [2.05, 4.69) is 15.1 Å². The van der Waals surface area contributed by atoms with Gasteiger partial charge < -0.3 is 10.4 Å². The normalized spacial score (nSPS) is 25.7. The van der Waals surface area contributed by atoms with E-state index in [-0.39, 0.29) is 6.10 Å². The second-order valence-corrected chi connectivity index (χ2v) is 7.65. The number of piperazine rings is 2. The lowest BCUT2D eigenvalue weighted by molar-refractivity contribution is 0.0586. The van der Waals surface area contributed by atoms with Crippen LogP contribution in [0.3, 0.4) is 0 Å². The van der Waals surface area contributed by atoms with Crippen LogP contribution in [0.25, 0.3) is 0 Å². The molecule has 8 heteroatoms. The van der Waals surface area contributed by atoms with Gasteiger partial charge in [0.1, 0.15) is 0 Å². The summed E-state index contributed by atoms with van der Waals surface area (Å²) in [6, 6.07) is 0. The maximum absolute atomic E-state index is 11.4. The van der Waals surface area contributed by atoms with Crippen LogP contribution in [0.15, 0.2) is 0 Å². The Labute approximate surface area is 121 Å². The summed E-state index contributed by atoms with van der Waals surface area (Å²) in [5.74, 6) is 0. The highest BCUT2D eigenvalue weighted by molar-refractivity contribution is 7.88. The minimum atomic E-state index is -3.07. The van der Waals surface area contributed by atoms with Gasteiger partial charge in [0.15, 0.2) is 0 Å². The molecule has 2 aliphatic rings. The van der Waals surface area contributed by atoms with Gasteiger partial charge in [-0.05, 0) is 0 Å². The summed E-state index contributed by atoms with van der Waals surface area (Å²) in [5, 5.41) is 13.4. The average Bonchev–Trinajstić information content (AvgIpc) is 2.39. The quantitative estimate of drug-likeness (QED) is 0.602. The molecule has 7 nitrogen and oxygen atoms in total. The van der Waals surface area contributed by atoms with Gasteiger partial charge >= 0.3 is 0 Å². The Kier molecular flexibility index (Phi) is 5.76. The number of sulfonamides is 1. The van der Waals surface area contributed by atoms with Gasteiger partial charge in [-0.2, -0.15) is 4.31 Å². The molecular formula is C12H26N4O3S. The van der Waals surface area contributed by atoms with Crippen molar-refractivity contribution < 1.29 is 13.5 Å². The number of aliphatic hydroxyl groups excluding tert-OH is 1. The van der Waals surface area contributed by atoms with E-state index in [1.807, 2.05) is 0 Å². The van der Waals surface area contributed by atoms with Crippen molar-refractivity contribution in [2.45, 2.75) is 6.10 Å². The Morgan fingerprint density at radius 2 is 1.50 bits per heavy atom. The van der Waals surface area contributed by atoms with Gasteiger partial charge in [0.25, 0.3) is 0 Å². The molecule has 0 spiro atoms. The van der Waals surface area contributed by atoms with Gasteiger partial charge in [-0.1, -0.05) is 0 Å². The molecule has 20 heavy (non-hydrogen) atoms. The minimum Gasteiger partial charge on any atom is -0.390 e. The maximum Gasteiger partial charge on any atom is 0.211 e. The van der Waals surface area contributed by atoms with E-state index in [0.717, 1.165) is 26.2 Å². The first-order chi connectivity index (χ1) is 9.45. The maximum atomic E-state index is 11.4. The van der Waals surface area contributed by atoms with Crippen molar-refractivity contribution in [2.24, 2.45) is 0 Å². The lowest BCUT2D eigenvalue weighted by Gasteiger charge is -2.35. The van der Waals surface area contributed by atoms with E-state index >= 15 is 0 Å². The van der Waals surface area contributed by atoms with E-state index in [4.69, 9.17) is 0 Å². The second kappa shape index (κ2) is 7.15. The van der Waals surface area contributed by atoms with Crippen LogP contribution < -0.4 is 5.32 Å². The fraction of sp³-hybridized carbons (Fsp3) is 1.00. The zero-order valence-electron chi connectivity index (χ0n) is 12.2. The summed E-state index contributed by atoms with van der Waals surface area (Å²) >= 11 is 0. The molecule has 0 radical (unpaired) electrons. The first-order valence-corrected chi connectivity index (χ1v) is 9.08. The van der Waals surface area contributed by atoms with Gasteiger partial charge in [-0.25, -0.2) is 8.42 Å². The lowest BCUT2D eigenvalue weighted by atomic mass is 10.2. The third kappa shape index (κ3) is 4.94. The molecule has 2 heterocycles. The highest BCUT2D eigenvalue weighted by Crippen LogP contribution is 2.07. The van der Waals surface area contributed by atoms with Crippen molar-refractivity contribution in [3.8, 4) is 0 Å². The highest BCUT2D eigenvalue weighted by atomic mass is 32.2. The Bertz CT molecular complexity index is 390. The molecule has 2 fully saturated rings. The lowest BCUT2D eigenvalue weighted by Crippen LogP contribution is -2.52. The third-order valence-corrected chi connectivity index (χ3v) is 5.25. The van der Waals surface area contributed by atoms with E-state index in [1.54, 1.807) is 0 Å². The smallest absolute Gasteiger partial charge is 0.211 e. The fourth-order valence-electron chi connectivity index (χ4n) is 2.79. The van der Waals surface area contributed by atoms with Crippen molar-refractivity contribution in [2.75, 3.05) is 71.7 Å². The molecule has 2 N–H and O–H groups in total. The molecule has 2 saturated heterocycles. The molecule has 0 saturated carbocycles. The largest absolute Gasteiger partial charge is 0.390 e.